The van der Waals surface area contributed by atoms with E-state index in [0.29, 0.717) is 24.6 Å². The van der Waals surface area contributed by atoms with Crippen molar-refractivity contribution in [2.45, 2.75) is 12.8 Å². The molecule has 1 aliphatic carbocycles. The minimum Gasteiger partial charge on any atom is -0.371 e. The number of hydrogen-bond donors (Lipinski definition) is 0. The van der Waals surface area contributed by atoms with Crippen molar-refractivity contribution < 1.29 is 9.53 Å². The van der Waals surface area contributed by atoms with Gasteiger partial charge >= 0.3 is 0 Å². The van der Waals surface area contributed by atoms with Crippen molar-refractivity contribution >= 4 is 11.7 Å². The summed E-state index contributed by atoms with van der Waals surface area (Å²) in [7, 11) is 0. The number of anilines is 1. The first kappa shape index (κ1) is 14.8. The number of hydrogen-bond acceptors (Lipinski definition) is 5. The van der Waals surface area contributed by atoms with Gasteiger partial charge < -0.3 is 14.5 Å². The molecule has 0 N–H and O–H groups in total. The van der Waals surface area contributed by atoms with Crippen LogP contribution in [-0.4, -0.2) is 55.2 Å². The molecule has 0 radical (unpaired) electrons. The Balaban J connectivity index is 1.46. The van der Waals surface area contributed by atoms with Gasteiger partial charge in [0.1, 0.15) is 12.4 Å². The van der Waals surface area contributed by atoms with E-state index in [-0.39, 0.29) is 12.5 Å². The zero-order valence-electron chi connectivity index (χ0n) is 12.6. The molecule has 0 aromatic carbocycles. The van der Waals surface area contributed by atoms with Gasteiger partial charge in [-0.05, 0) is 30.9 Å². The molecule has 0 bridgehead atoms. The van der Waals surface area contributed by atoms with Gasteiger partial charge in [0, 0.05) is 32.4 Å². The molecule has 22 heavy (non-hydrogen) atoms. The van der Waals surface area contributed by atoms with Crippen LogP contribution in [0.25, 0.3) is 0 Å². The summed E-state index contributed by atoms with van der Waals surface area (Å²) >= 11 is 0. The SMILES string of the molecule is N#Cc1ccnc(N2CCN(C(=O)COCC3CC3)CC2)c1. The number of nitriles is 1. The molecule has 1 saturated carbocycles. The van der Waals surface area contributed by atoms with Crippen LogP contribution in [-0.2, 0) is 9.53 Å². The first-order valence-electron chi connectivity index (χ1n) is 7.73. The van der Waals surface area contributed by atoms with Crippen LogP contribution >= 0.6 is 0 Å². The van der Waals surface area contributed by atoms with E-state index in [1.165, 1.54) is 12.8 Å². The Morgan fingerprint density at radius 2 is 2.14 bits per heavy atom. The van der Waals surface area contributed by atoms with Crippen LogP contribution in [0.5, 0.6) is 0 Å². The summed E-state index contributed by atoms with van der Waals surface area (Å²) in [5.41, 5.74) is 0.608. The fraction of sp³-hybridized carbons (Fsp3) is 0.562. The normalized spacial score (nSPS) is 18.1. The summed E-state index contributed by atoms with van der Waals surface area (Å²) in [6, 6.07) is 5.61. The molecule has 1 aromatic heterocycles. The smallest absolute Gasteiger partial charge is 0.248 e. The van der Waals surface area contributed by atoms with Gasteiger partial charge in [0.2, 0.25) is 5.91 Å². The lowest BCUT2D eigenvalue weighted by Gasteiger charge is -2.35. The molecule has 1 aliphatic heterocycles. The van der Waals surface area contributed by atoms with E-state index in [9.17, 15) is 4.79 Å². The predicted octanol–water partition coefficient (Wildman–Crippen LogP) is 1.03. The summed E-state index contributed by atoms with van der Waals surface area (Å²) in [6.07, 6.45) is 4.13. The molecule has 2 aliphatic rings. The third kappa shape index (κ3) is 3.74. The lowest BCUT2D eigenvalue weighted by molar-refractivity contribution is -0.136. The Morgan fingerprint density at radius 1 is 1.36 bits per heavy atom. The van der Waals surface area contributed by atoms with Gasteiger partial charge in [0.05, 0.1) is 18.2 Å². The van der Waals surface area contributed by atoms with Crippen LogP contribution in [0.2, 0.25) is 0 Å². The average Bonchev–Trinajstić information content (AvgIpc) is 3.39. The lowest BCUT2D eigenvalue weighted by Crippen LogP contribution is -2.50. The molecule has 2 fully saturated rings. The molecule has 0 unspecified atom stereocenters. The highest BCUT2D eigenvalue weighted by atomic mass is 16.5. The fourth-order valence-corrected chi connectivity index (χ4v) is 2.53. The Bertz CT molecular complexity index is 572. The van der Waals surface area contributed by atoms with Crippen LogP contribution in [0.3, 0.4) is 0 Å². The van der Waals surface area contributed by atoms with Gasteiger partial charge in [-0.2, -0.15) is 5.26 Å². The second kappa shape index (κ2) is 6.75. The number of pyridine rings is 1. The Kier molecular flexibility index (Phi) is 4.54. The molecule has 1 amide bonds. The summed E-state index contributed by atoms with van der Waals surface area (Å²) in [5, 5.41) is 8.94. The third-order valence-corrected chi connectivity index (χ3v) is 4.11. The monoisotopic (exact) mass is 300 g/mol. The van der Waals surface area contributed by atoms with Crippen molar-refractivity contribution in [1.82, 2.24) is 9.88 Å². The van der Waals surface area contributed by atoms with Crippen LogP contribution < -0.4 is 4.90 Å². The lowest BCUT2D eigenvalue weighted by atomic mass is 10.2. The van der Waals surface area contributed by atoms with Crippen molar-refractivity contribution in [3.05, 3.63) is 23.9 Å². The molecular weight excluding hydrogens is 280 g/mol. The number of amides is 1. The molecule has 1 saturated heterocycles. The van der Waals surface area contributed by atoms with Crippen molar-refractivity contribution in [3.8, 4) is 6.07 Å². The van der Waals surface area contributed by atoms with E-state index in [2.05, 4.69) is 16.0 Å². The van der Waals surface area contributed by atoms with Gasteiger partial charge in [0.15, 0.2) is 0 Å². The van der Waals surface area contributed by atoms with Gasteiger partial charge in [-0.15, -0.1) is 0 Å². The molecule has 0 atom stereocenters. The zero-order chi connectivity index (χ0) is 15.4. The molecule has 116 valence electrons. The highest BCUT2D eigenvalue weighted by Crippen LogP contribution is 2.28. The van der Waals surface area contributed by atoms with Gasteiger partial charge in [0.25, 0.3) is 0 Å². The number of rotatable bonds is 5. The maximum atomic E-state index is 12.1. The maximum Gasteiger partial charge on any atom is 0.248 e. The Morgan fingerprint density at radius 3 is 2.82 bits per heavy atom. The van der Waals surface area contributed by atoms with E-state index >= 15 is 0 Å². The minimum atomic E-state index is 0.0686. The number of ether oxygens (including phenoxy) is 1. The van der Waals surface area contributed by atoms with Crippen molar-refractivity contribution in [1.29, 1.82) is 5.26 Å². The number of aromatic nitrogens is 1. The minimum absolute atomic E-state index is 0.0686. The molecule has 0 spiro atoms. The van der Waals surface area contributed by atoms with E-state index < -0.39 is 0 Å². The summed E-state index contributed by atoms with van der Waals surface area (Å²) < 4.78 is 5.46. The topological polar surface area (TPSA) is 69.5 Å². The van der Waals surface area contributed by atoms with E-state index in [1.807, 2.05) is 4.90 Å². The van der Waals surface area contributed by atoms with Crippen LogP contribution in [0.1, 0.15) is 18.4 Å². The molecule has 6 nitrogen and oxygen atoms in total. The van der Waals surface area contributed by atoms with E-state index in [0.717, 1.165) is 25.5 Å². The summed E-state index contributed by atoms with van der Waals surface area (Å²) in [4.78, 5) is 20.3. The summed E-state index contributed by atoms with van der Waals surface area (Å²) in [5.74, 6) is 1.55. The Labute approximate surface area is 130 Å². The van der Waals surface area contributed by atoms with Gasteiger partial charge in [-0.1, -0.05) is 0 Å². The second-order valence-electron chi connectivity index (χ2n) is 5.84. The second-order valence-corrected chi connectivity index (χ2v) is 5.84. The highest BCUT2D eigenvalue weighted by molar-refractivity contribution is 5.77. The maximum absolute atomic E-state index is 12.1. The molecule has 3 rings (SSSR count). The van der Waals surface area contributed by atoms with Crippen LogP contribution in [0.4, 0.5) is 5.82 Å². The molecule has 6 heteroatoms. The number of carbonyl (C=O) groups excluding carboxylic acids is 1. The number of piperazine rings is 1. The summed E-state index contributed by atoms with van der Waals surface area (Å²) in [6.45, 7) is 3.72. The van der Waals surface area contributed by atoms with Crippen LogP contribution in [0, 0.1) is 17.2 Å². The zero-order valence-corrected chi connectivity index (χ0v) is 12.6. The largest absolute Gasteiger partial charge is 0.371 e. The quantitative estimate of drug-likeness (QED) is 0.812. The van der Waals surface area contributed by atoms with Crippen molar-refractivity contribution in [2.75, 3.05) is 44.3 Å². The highest BCUT2D eigenvalue weighted by Gasteiger charge is 2.24. The average molecular weight is 300 g/mol. The standard InChI is InChI=1S/C16H20N4O2/c17-10-14-3-4-18-15(9-14)19-5-7-20(8-6-19)16(21)12-22-11-13-1-2-13/h3-4,9,13H,1-2,5-8,11-12H2. The third-order valence-electron chi connectivity index (χ3n) is 4.11. The van der Waals surface area contributed by atoms with Crippen molar-refractivity contribution in [3.63, 3.8) is 0 Å². The van der Waals surface area contributed by atoms with E-state index in [4.69, 9.17) is 10.00 Å². The first-order valence-corrected chi connectivity index (χ1v) is 7.73. The van der Waals surface area contributed by atoms with Crippen molar-refractivity contribution in [2.24, 2.45) is 5.92 Å². The first-order chi connectivity index (χ1) is 10.8. The Hall–Kier alpha value is -2.13. The molecule has 2 heterocycles. The van der Waals surface area contributed by atoms with Gasteiger partial charge in [-0.25, -0.2) is 4.98 Å². The molecular formula is C16H20N4O2. The van der Waals surface area contributed by atoms with E-state index in [1.54, 1.807) is 18.3 Å². The predicted molar refractivity (Wildman–Crippen MR) is 81.3 cm³/mol. The van der Waals surface area contributed by atoms with Crippen LogP contribution in [0.15, 0.2) is 18.3 Å². The number of nitrogens with zero attached hydrogens (tertiary/aromatic N) is 4. The van der Waals surface area contributed by atoms with Gasteiger partial charge in [-0.3, -0.25) is 4.79 Å². The number of carbonyl (C=O) groups is 1. The molecule has 1 aromatic rings. The fourth-order valence-electron chi connectivity index (χ4n) is 2.53.